The molecule has 2 aliphatic heterocycles. The van der Waals surface area contributed by atoms with Crippen molar-refractivity contribution in [1.29, 1.82) is 0 Å². The van der Waals surface area contributed by atoms with Gasteiger partial charge in [-0.3, -0.25) is 0 Å². The molecular formula is C24H33N5S. The van der Waals surface area contributed by atoms with Gasteiger partial charge in [0.1, 0.15) is 0 Å². The van der Waals surface area contributed by atoms with Gasteiger partial charge in [0.25, 0.3) is 0 Å². The van der Waals surface area contributed by atoms with Crippen molar-refractivity contribution in [3.05, 3.63) is 60.2 Å². The number of rotatable bonds is 6. The quantitative estimate of drug-likeness (QED) is 0.549. The second-order valence-corrected chi connectivity index (χ2v) is 9.10. The molecular weight excluding hydrogens is 390 g/mol. The van der Waals surface area contributed by atoms with E-state index < -0.39 is 0 Å². The number of aliphatic imine (C=N–C) groups is 1. The van der Waals surface area contributed by atoms with Gasteiger partial charge in [-0.2, -0.15) is 11.8 Å². The Bertz CT molecular complexity index is 802. The number of hydrogen-bond acceptors (Lipinski definition) is 4. The first-order valence-electron chi connectivity index (χ1n) is 11.1. The van der Waals surface area contributed by atoms with Gasteiger partial charge in [-0.05, 0) is 43.2 Å². The Kier molecular flexibility index (Phi) is 7.40. The number of para-hydroxylation sites is 1. The first-order valence-corrected chi connectivity index (χ1v) is 12.2. The summed E-state index contributed by atoms with van der Waals surface area (Å²) in [6.45, 7) is 8.08. The second kappa shape index (κ2) is 10.6. The molecule has 1 atom stereocenters. The zero-order valence-corrected chi connectivity index (χ0v) is 18.7. The van der Waals surface area contributed by atoms with Gasteiger partial charge in [0, 0.05) is 61.6 Å². The summed E-state index contributed by atoms with van der Waals surface area (Å²) in [6.07, 6.45) is 1.13. The smallest absolute Gasteiger partial charge is 0.191 e. The van der Waals surface area contributed by atoms with Crippen molar-refractivity contribution in [2.45, 2.75) is 25.9 Å². The Labute approximate surface area is 184 Å². The van der Waals surface area contributed by atoms with Crippen LogP contribution in [0.15, 0.2) is 59.6 Å². The molecule has 30 heavy (non-hydrogen) atoms. The number of anilines is 2. The van der Waals surface area contributed by atoms with Gasteiger partial charge in [0.2, 0.25) is 0 Å². The summed E-state index contributed by atoms with van der Waals surface area (Å²) in [5, 5.41) is 7.04. The summed E-state index contributed by atoms with van der Waals surface area (Å²) in [6, 6.07) is 20.0. The topological polar surface area (TPSA) is 42.9 Å². The molecule has 0 amide bonds. The van der Waals surface area contributed by atoms with E-state index in [0.717, 1.165) is 45.1 Å². The lowest BCUT2D eigenvalue weighted by atomic mass is 10.2. The number of benzene rings is 2. The standard InChI is InChI=1S/C24H33N5S/c1-2-25-24(27-21-12-13-29(19-21)22-6-4-3-5-7-22)26-18-20-8-10-23(11-9-20)28-14-16-30-17-15-28/h3-11,21H,2,12-19H2,1H3,(H2,25,26,27). The molecule has 0 bridgehead atoms. The molecule has 0 aliphatic carbocycles. The van der Waals surface area contributed by atoms with Crippen LogP contribution in [0.4, 0.5) is 11.4 Å². The van der Waals surface area contributed by atoms with E-state index in [1.165, 1.54) is 28.4 Å². The van der Waals surface area contributed by atoms with Crippen molar-refractivity contribution in [3.63, 3.8) is 0 Å². The predicted octanol–water partition coefficient (Wildman–Crippen LogP) is 3.57. The third-order valence-electron chi connectivity index (χ3n) is 5.73. The largest absolute Gasteiger partial charge is 0.370 e. The van der Waals surface area contributed by atoms with Gasteiger partial charge in [-0.25, -0.2) is 4.99 Å². The van der Waals surface area contributed by atoms with Crippen LogP contribution in [0.2, 0.25) is 0 Å². The summed E-state index contributed by atoms with van der Waals surface area (Å²) in [5.41, 5.74) is 3.89. The maximum absolute atomic E-state index is 4.85. The van der Waals surface area contributed by atoms with E-state index in [9.17, 15) is 0 Å². The van der Waals surface area contributed by atoms with Crippen LogP contribution >= 0.6 is 11.8 Å². The van der Waals surface area contributed by atoms with Crippen molar-refractivity contribution in [3.8, 4) is 0 Å². The molecule has 6 heteroatoms. The summed E-state index contributed by atoms with van der Waals surface area (Å²) in [7, 11) is 0. The summed E-state index contributed by atoms with van der Waals surface area (Å²) < 4.78 is 0. The molecule has 4 rings (SSSR count). The minimum atomic E-state index is 0.419. The van der Waals surface area contributed by atoms with E-state index in [-0.39, 0.29) is 0 Å². The van der Waals surface area contributed by atoms with E-state index in [4.69, 9.17) is 4.99 Å². The fourth-order valence-electron chi connectivity index (χ4n) is 4.07. The van der Waals surface area contributed by atoms with Crippen molar-refractivity contribution in [2.75, 3.05) is 54.0 Å². The van der Waals surface area contributed by atoms with Crippen molar-refractivity contribution >= 4 is 29.1 Å². The third kappa shape index (κ3) is 5.63. The Morgan fingerprint density at radius 3 is 2.43 bits per heavy atom. The molecule has 160 valence electrons. The summed E-state index contributed by atoms with van der Waals surface area (Å²) in [5.74, 6) is 3.37. The van der Waals surface area contributed by atoms with Crippen LogP contribution in [0.3, 0.4) is 0 Å². The van der Waals surface area contributed by atoms with Crippen LogP contribution in [0.1, 0.15) is 18.9 Å². The minimum absolute atomic E-state index is 0.419. The number of thioether (sulfide) groups is 1. The normalized spacial score (nSPS) is 19.8. The third-order valence-corrected chi connectivity index (χ3v) is 6.67. The summed E-state index contributed by atoms with van der Waals surface area (Å²) >= 11 is 2.05. The average Bonchev–Trinajstić information content (AvgIpc) is 3.28. The van der Waals surface area contributed by atoms with Crippen molar-refractivity contribution in [2.24, 2.45) is 4.99 Å². The Morgan fingerprint density at radius 1 is 0.967 bits per heavy atom. The van der Waals surface area contributed by atoms with Gasteiger partial charge in [0.05, 0.1) is 6.54 Å². The highest BCUT2D eigenvalue weighted by Gasteiger charge is 2.23. The Balaban J connectivity index is 1.32. The number of nitrogens with one attached hydrogen (secondary N) is 2. The zero-order valence-electron chi connectivity index (χ0n) is 17.9. The van der Waals surface area contributed by atoms with E-state index in [0.29, 0.717) is 12.6 Å². The first-order chi connectivity index (χ1) is 14.8. The highest BCUT2D eigenvalue weighted by atomic mass is 32.2. The molecule has 2 N–H and O–H groups in total. The molecule has 2 saturated heterocycles. The molecule has 2 aromatic carbocycles. The van der Waals surface area contributed by atoms with E-state index in [1.54, 1.807) is 0 Å². The van der Waals surface area contributed by atoms with Crippen molar-refractivity contribution in [1.82, 2.24) is 10.6 Å². The molecule has 0 spiro atoms. The molecule has 2 heterocycles. The van der Waals surface area contributed by atoms with Crippen LogP contribution < -0.4 is 20.4 Å². The lowest BCUT2D eigenvalue weighted by molar-refractivity contribution is 0.649. The van der Waals surface area contributed by atoms with Crippen molar-refractivity contribution < 1.29 is 0 Å². The van der Waals surface area contributed by atoms with Crippen LogP contribution in [0.25, 0.3) is 0 Å². The molecule has 2 fully saturated rings. The molecule has 0 saturated carbocycles. The van der Waals surface area contributed by atoms with Gasteiger partial charge < -0.3 is 20.4 Å². The number of guanidine groups is 1. The minimum Gasteiger partial charge on any atom is -0.370 e. The lowest BCUT2D eigenvalue weighted by Gasteiger charge is -2.28. The Morgan fingerprint density at radius 2 is 1.70 bits per heavy atom. The monoisotopic (exact) mass is 423 g/mol. The van der Waals surface area contributed by atoms with Gasteiger partial charge >= 0.3 is 0 Å². The van der Waals surface area contributed by atoms with Gasteiger partial charge in [-0.15, -0.1) is 0 Å². The second-order valence-electron chi connectivity index (χ2n) is 7.87. The SMILES string of the molecule is CCNC(=NCc1ccc(N2CCSCC2)cc1)NC1CCN(c2ccccc2)C1. The molecule has 0 radical (unpaired) electrons. The predicted molar refractivity (Wildman–Crippen MR) is 131 cm³/mol. The maximum Gasteiger partial charge on any atom is 0.191 e. The van der Waals surface area contributed by atoms with Gasteiger partial charge in [-0.1, -0.05) is 30.3 Å². The fraction of sp³-hybridized carbons (Fsp3) is 0.458. The Hall–Kier alpha value is -2.34. The zero-order chi connectivity index (χ0) is 20.6. The molecule has 2 aromatic rings. The fourth-order valence-corrected chi connectivity index (χ4v) is 4.97. The van der Waals surface area contributed by atoms with E-state index in [1.807, 2.05) is 11.8 Å². The lowest BCUT2D eigenvalue weighted by Crippen LogP contribution is -2.44. The van der Waals surface area contributed by atoms with Crippen LogP contribution in [-0.4, -0.2) is 56.2 Å². The molecule has 1 unspecified atom stereocenters. The highest BCUT2D eigenvalue weighted by molar-refractivity contribution is 7.99. The summed E-state index contributed by atoms with van der Waals surface area (Å²) in [4.78, 5) is 9.77. The van der Waals surface area contributed by atoms with Crippen LogP contribution in [-0.2, 0) is 6.54 Å². The molecule has 2 aliphatic rings. The number of hydrogen-bond donors (Lipinski definition) is 2. The van der Waals surface area contributed by atoms with E-state index >= 15 is 0 Å². The molecule has 0 aromatic heterocycles. The number of nitrogens with zero attached hydrogens (tertiary/aromatic N) is 3. The molecule has 5 nitrogen and oxygen atoms in total. The van der Waals surface area contributed by atoms with E-state index in [2.05, 4.69) is 82.0 Å². The highest BCUT2D eigenvalue weighted by Crippen LogP contribution is 2.21. The van der Waals surface area contributed by atoms with Gasteiger partial charge in [0.15, 0.2) is 5.96 Å². The first kappa shape index (κ1) is 20.9. The van der Waals surface area contributed by atoms with Crippen LogP contribution in [0, 0.1) is 0 Å². The average molecular weight is 424 g/mol. The van der Waals surface area contributed by atoms with Crippen LogP contribution in [0.5, 0.6) is 0 Å². The maximum atomic E-state index is 4.85.